The standard InChI is InChI=1S/C17H19NO5S/c1-9-3-6-12(24(2,22)23)8-13(9)18-16(19)14-10-4-5-11(7-10)15(14)17(20)21/h3-6,8,10-11,14-15H,7H2,1-2H3,(H,18,19)(H,20,21)/t10-,11-,14-,15-/m0/s1. The molecule has 2 aliphatic carbocycles. The highest BCUT2D eigenvalue weighted by Crippen LogP contribution is 2.48. The lowest BCUT2D eigenvalue weighted by Gasteiger charge is -2.24. The fraction of sp³-hybridized carbons (Fsp3) is 0.412. The van der Waals surface area contributed by atoms with Gasteiger partial charge in [-0.05, 0) is 42.9 Å². The lowest BCUT2D eigenvalue weighted by molar-refractivity contribution is -0.146. The maximum Gasteiger partial charge on any atom is 0.307 e. The van der Waals surface area contributed by atoms with Gasteiger partial charge in [0.15, 0.2) is 9.84 Å². The van der Waals surface area contributed by atoms with Gasteiger partial charge < -0.3 is 10.4 Å². The molecule has 0 unspecified atom stereocenters. The SMILES string of the molecule is Cc1ccc(S(C)(=O)=O)cc1NC(=O)[C@@H]1[C@@H](C(=O)O)[C@H]2C=C[C@H]1C2. The van der Waals surface area contributed by atoms with Crippen LogP contribution >= 0.6 is 0 Å². The minimum absolute atomic E-state index is 0.0745. The number of aryl methyl sites for hydroxylation is 1. The zero-order valence-electron chi connectivity index (χ0n) is 13.4. The van der Waals surface area contributed by atoms with E-state index < -0.39 is 27.6 Å². The van der Waals surface area contributed by atoms with Gasteiger partial charge in [0.05, 0.1) is 16.7 Å². The summed E-state index contributed by atoms with van der Waals surface area (Å²) in [6, 6.07) is 4.53. The molecular weight excluding hydrogens is 330 g/mol. The molecule has 2 N–H and O–H groups in total. The number of allylic oxidation sites excluding steroid dienone is 2. The molecule has 1 saturated carbocycles. The Balaban J connectivity index is 1.88. The number of anilines is 1. The van der Waals surface area contributed by atoms with Crippen LogP contribution in [-0.2, 0) is 19.4 Å². The maximum absolute atomic E-state index is 12.7. The topological polar surface area (TPSA) is 101 Å². The van der Waals surface area contributed by atoms with Crippen LogP contribution in [0.5, 0.6) is 0 Å². The van der Waals surface area contributed by atoms with E-state index in [4.69, 9.17) is 0 Å². The number of hydrogen-bond acceptors (Lipinski definition) is 4. The van der Waals surface area contributed by atoms with E-state index in [0.717, 1.165) is 11.8 Å². The Bertz CT molecular complexity index is 843. The molecule has 0 heterocycles. The third kappa shape index (κ3) is 2.84. The number of carboxylic acids is 1. The van der Waals surface area contributed by atoms with Gasteiger partial charge in [-0.3, -0.25) is 9.59 Å². The Hall–Kier alpha value is -2.15. The number of sulfone groups is 1. The first-order valence-electron chi connectivity index (χ1n) is 7.71. The van der Waals surface area contributed by atoms with E-state index in [2.05, 4.69) is 5.32 Å². The van der Waals surface area contributed by atoms with Crippen LogP contribution in [-0.4, -0.2) is 31.7 Å². The smallest absolute Gasteiger partial charge is 0.307 e. The van der Waals surface area contributed by atoms with Crippen molar-refractivity contribution in [2.75, 3.05) is 11.6 Å². The lowest BCUT2D eigenvalue weighted by atomic mass is 9.82. The molecular formula is C17H19NO5S. The highest BCUT2D eigenvalue weighted by atomic mass is 32.2. The summed E-state index contributed by atoms with van der Waals surface area (Å²) in [5.74, 6) is -2.86. The number of rotatable bonds is 4. The van der Waals surface area contributed by atoms with E-state index >= 15 is 0 Å². The first kappa shape index (κ1) is 16.7. The minimum Gasteiger partial charge on any atom is -0.481 e. The number of aliphatic carboxylic acids is 1. The molecule has 0 saturated heterocycles. The first-order chi connectivity index (χ1) is 11.2. The molecule has 1 aromatic rings. The van der Waals surface area contributed by atoms with Gasteiger partial charge in [-0.1, -0.05) is 18.2 Å². The van der Waals surface area contributed by atoms with E-state index in [1.54, 1.807) is 13.0 Å². The van der Waals surface area contributed by atoms with Crippen molar-refractivity contribution < 1.29 is 23.1 Å². The van der Waals surface area contributed by atoms with Crippen LogP contribution in [0.25, 0.3) is 0 Å². The van der Waals surface area contributed by atoms with Gasteiger partial charge >= 0.3 is 5.97 Å². The predicted octanol–water partition coefficient (Wildman–Crippen LogP) is 1.86. The summed E-state index contributed by atoms with van der Waals surface area (Å²) < 4.78 is 23.4. The second-order valence-corrected chi connectivity index (χ2v) is 8.59. The number of fused-ring (bicyclic) bond motifs is 2. The fourth-order valence-corrected chi connectivity index (χ4v) is 4.35. The van der Waals surface area contributed by atoms with Crippen molar-refractivity contribution >= 4 is 27.4 Å². The molecule has 24 heavy (non-hydrogen) atoms. The number of benzene rings is 1. The largest absolute Gasteiger partial charge is 0.481 e. The van der Waals surface area contributed by atoms with Crippen molar-refractivity contribution in [2.45, 2.75) is 18.2 Å². The van der Waals surface area contributed by atoms with Gasteiger partial charge in [0.2, 0.25) is 5.91 Å². The van der Waals surface area contributed by atoms with E-state index in [0.29, 0.717) is 12.1 Å². The van der Waals surface area contributed by atoms with Crippen LogP contribution in [0.4, 0.5) is 5.69 Å². The zero-order valence-corrected chi connectivity index (χ0v) is 14.2. The van der Waals surface area contributed by atoms with Crippen molar-refractivity contribution in [3.05, 3.63) is 35.9 Å². The van der Waals surface area contributed by atoms with Crippen LogP contribution in [0.3, 0.4) is 0 Å². The molecule has 2 aliphatic rings. The molecule has 3 rings (SSSR count). The Morgan fingerprint density at radius 2 is 1.79 bits per heavy atom. The molecule has 7 heteroatoms. The Labute approximate surface area is 140 Å². The van der Waals surface area contributed by atoms with E-state index in [1.807, 2.05) is 12.2 Å². The number of hydrogen-bond donors (Lipinski definition) is 2. The van der Waals surface area contributed by atoms with E-state index in [-0.39, 0.29) is 22.6 Å². The van der Waals surface area contributed by atoms with Crippen molar-refractivity contribution in [3.63, 3.8) is 0 Å². The highest BCUT2D eigenvalue weighted by molar-refractivity contribution is 7.90. The van der Waals surface area contributed by atoms with Gasteiger partial charge in [0.1, 0.15) is 0 Å². The normalized spacial score (nSPS) is 28.1. The van der Waals surface area contributed by atoms with Crippen LogP contribution in [0.2, 0.25) is 0 Å². The van der Waals surface area contributed by atoms with Crippen LogP contribution in [0.1, 0.15) is 12.0 Å². The predicted molar refractivity (Wildman–Crippen MR) is 88.3 cm³/mol. The fourth-order valence-electron chi connectivity index (χ4n) is 3.70. The molecule has 128 valence electrons. The van der Waals surface area contributed by atoms with Crippen LogP contribution < -0.4 is 5.32 Å². The summed E-state index contributed by atoms with van der Waals surface area (Å²) in [5.41, 5.74) is 1.13. The summed E-state index contributed by atoms with van der Waals surface area (Å²) in [6.45, 7) is 1.76. The van der Waals surface area contributed by atoms with Crippen molar-refractivity contribution in [2.24, 2.45) is 23.7 Å². The van der Waals surface area contributed by atoms with Gasteiger partial charge in [0.25, 0.3) is 0 Å². The highest BCUT2D eigenvalue weighted by Gasteiger charge is 2.51. The van der Waals surface area contributed by atoms with Crippen LogP contribution in [0.15, 0.2) is 35.2 Å². The summed E-state index contributed by atoms with van der Waals surface area (Å²) in [7, 11) is -3.39. The van der Waals surface area contributed by atoms with Gasteiger partial charge in [-0.25, -0.2) is 8.42 Å². The number of nitrogens with one attached hydrogen (secondary N) is 1. The lowest BCUT2D eigenvalue weighted by Crippen LogP contribution is -2.36. The molecule has 6 nitrogen and oxygen atoms in total. The number of carbonyl (C=O) groups is 2. The Morgan fingerprint density at radius 1 is 1.17 bits per heavy atom. The number of amides is 1. The second kappa shape index (κ2) is 5.73. The van der Waals surface area contributed by atoms with Crippen molar-refractivity contribution in [1.29, 1.82) is 0 Å². The van der Waals surface area contributed by atoms with Gasteiger partial charge in [0, 0.05) is 11.9 Å². The first-order valence-corrected chi connectivity index (χ1v) is 9.60. The van der Waals surface area contributed by atoms with Crippen molar-refractivity contribution in [3.8, 4) is 0 Å². The molecule has 1 fully saturated rings. The summed E-state index contributed by atoms with van der Waals surface area (Å²) >= 11 is 0. The maximum atomic E-state index is 12.7. The third-order valence-corrected chi connectivity index (χ3v) is 6.05. The third-order valence-electron chi connectivity index (χ3n) is 4.94. The van der Waals surface area contributed by atoms with Crippen molar-refractivity contribution in [1.82, 2.24) is 0 Å². The molecule has 1 aromatic carbocycles. The van der Waals surface area contributed by atoms with Crippen LogP contribution in [0, 0.1) is 30.6 Å². The summed E-state index contributed by atoms with van der Waals surface area (Å²) in [5, 5.41) is 12.2. The molecule has 1 amide bonds. The average Bonchev–Trinajstić information content (AvgIpc) is 3.08. The molecule has 0 aliphatic heterocycles. The number of carboxylic acid groups (broad SMARTS) is 1. The Morgan fingerprint density at radius 3 is 2.38 bits per heavy atom. The molecule has 2 bridgehead atoms. The number of carbonyl (C=O) groups excluding carboxylic acids is 1. The Kier molecular flexibility index (Phi) is 3.99. The minimum atomic E-state index is -3.39. The molecule has 4 atom stereocenters. The summed E-state index contributed by atoms with van der Waals surface area (Å²) in [4.78, 5) is 24.3. The molecule has 0 spiro atoms. The zero-order chi connectivity index (χ0) is 17.6. The van der Waals surface area contributed by atoms with Gasteiger partial charge in [-0.2, -0.15) is 0 Å². The quantitative estimate of drug-likeness (QED) is 0.808. The second-order valence-electron chi connectivity index (χ2n) is 6.58. The average molecular weight is 349 g/mol. The molecule has 0 radical (unpaired) electrons. The monoisotopic (exact) mass is 349 g/mol. The van der Waals surface area contributed by atoms with Gasteiger partial charge in [-0.15, -0.1) is 0 Å². The molecule has 0 aromatic heterocycles. The van der Waals surface area contributed by atoms with E-state index in [9.17, 15) is 23.1 Å². The van der Waals surface area contributed by atoms with E-state index in [1.165, 1.54) is 12.1 Å². The summed E-state index contributed by atoms with van der Waals surface area (Å²) in [6.07, 6.45) is 5.57.